The lowest BCUT2D eigenvalue weighted by Gasteiger charge is -2.10. The van der Waals surface area contributed by atoms with Gasteiger partial charge in [-0.05, 0) is 37.4 Å². The third-order valence-electron chi connectivity index (χ3n) is 3.13. The Hall–Kier alpha value is -2.34. The molecule has 3 aromatic heterocycles. The molecule has 21 heavy (non-hydrogen) atoms. The maximum atomic E-state index is 12.2. The number of hydrogen-bond acceptors (Lipinski definition) is 4. The Balaban J connectivity index is 1.72. The van der Waals surface area contributed by atoms with Crippen molar-refractivity contribution in [2.75, 3.05) is 0 Å². The summed E-state index contributed by atoms with van der Waals surface area (Å²) in [4.78, 5) is 13.3. The van der Waals surface area contributed by atoms with Crippen LogP contribution in [0.25, 0.3) is 11.5 Å². The van der Waals surface area contributed by atoms with Gasteiger partial charge in [0.05, 0.1) is 6.04 Å². The quantitative estimate of drug-likeness (QED) is 0.774. The van der Waals surface area contributed by atoms with Gasteiger partial charge in [-0.25, -0.2) is 0 Å². The molecule has 6 heteroatoms. The lowest BCUT2D eigenvalue weighted by Crippen LogP contribution is -2.26. The number of H-pyrrole nitrogens is 1. The Morgan fingerprint density at radius 2 is 2.29 bits per heavy atom. The van der Waals surface area contributed by atoms with Crippen LogP contribution in [0, 0.1) is 6.92 Å². The minimum Gasteiger partial charge on any atom is -0.460 e. The zero-order valence-electron chi connectivity index (χ0n) is 11.7. The van der Waals surface area contributed by atoms with Crippen LogP contribution in [0.5, 0.6) is 0 Å². The van der Waals surface area contributed by atoms with E-state index in [4.69, 9.17) is 4.42 Å². The zero-order chi connectivity index (χ0) is 14.8. The molecule has 0 aliphatic carbocycles. The molecule has 1 amide bonds. The van der Waals surface area contributed by atoms with E-state index in [2.05, 4.69) is 15.5 Å². The molecule has 1 unspecified atom stereocenters. The van der Waals surface area contributed by atoms with Crippen LogP contribution in [0.3, 0.4) is 0 Å². The minimum atomic E-state index is -0.207. The normalized spacial score (nSPS) is 12.3. The second kappa shape index (κ2) is 5.57. The van der Waals surface area contributed by atoms with Crippen molar-refractivity contribution < 1.29 is 9.21 Å². The topological polar surface area (TPSA) is 70.9 Å². The molecule has 2 N–H and O–H groups in total. The van der Waals surface area contributed by atoms with Gasteiger partial charge in [-0.3, -0.25) is 9.89 Å². The number of aromatic amines is 1. The fourth-order valence-electron chi connectivity index (χ4n) is 2.02. The Bertz CT molecular complexity index is 743. The molecule has 0 aliphatic rings. The summed E-state index contributed by atoms with van der Waals surface area (Å²) in [7, 11) is 0. The van der Waals surface area contributed by atoms with Gasteiger partial charge in [0.2, 0.25) is 0 Å². The van der Waals surface area contributed by atoms with Crippen molar-refractivity contribution >= 4 is 17.2 Å². The summed E-state index contributed by atoms with van der Waals surface area (Å²) >= 11 is 1.62. The fraction of sp³-hybridized carbons (Fsp3) is 0.200. The summed E-state index contributed by atoms with van der Waals surface area (Å²) in [5.74, 6) is 1.28. The van der Waals surface area contributed by atoms with E-state index in [1.165, 1.54) is 0 Å². The first-order valence-electron chi connectivity index (χ1n) is 6.60. The van der Waals surface area contributed by atoms with Crippen molar-refractivity contribution in [2.45, 2.75) is 19.9 Å². The summed E-state index contributed by atoms with van der Waals surface area (Å²) < 4.78 is 5.50. The maximum Gasteiger partial charge on any atom is 0.272 e. The first-order valence-corrected chi connectivity index (χ1v) is 7.48. The smallest absolute Gasteiger partial charge is 0.272 e. The molecule has 0 fully saturated rings. The average Bonchev–Trinajstić information content (AvgIpc) is 3.19. The SMILES string of the molecule is Cc1ccc(-c2cc(C(=O)NC(C)c3cccs3)n[nH]2)o1. The average molecular weight is 301 g/mol. The van der Waals surface area contributed by atoms with Crippen LogP contribution in [0.2, 0.25) is 0 Å². The Kier molecular flexibility index (Phi) is 3.62. The van der Waals surface area contributed by atoms with Gasteiger partial charge >= 0.3 is 0 Å². The molecule has 0 saturated carbocycles. The van der Waals surface area contributed by atoms with Crippen LogP contribution in [0.4, 0.5) is 0 Å². The summed E-state index contributed by atoms with van der Waals surface area (Å²) in [6.07, 6.45) is 0. The van der Waals surface area contributed by atoms with E-state index < -0.39 is 0 Å². The van der Waals surface area contributed by atoms with Gasteiger partial charge in [-0.2, -0.15) is 5.10 Å². The number of amides is 1. The number of rotatable bonds is 4. The molecule has 3 rings (SSSR count). The maximum absolute atomic E-state index is 12.2. The molecular weight excluding hydrogens is 286 g/mol. The molecule has 5 nitrogen and oxygen atoms in total. The van der Waals surface area contributed by atoms with Crippen molar-refractivity contribution in [3.63, 3.8) is 0 Å². The molecule has 0 aromatic carbocycles. The molecule has 0 aliphatic heterocycles. The molecular formula is C15H15N3O2S. The highest BCUT2D eigenvalue weighted by Crippen LogP contribution is 2.21. The van der Waals surface area contributed by atoms with Crippen LogP contribution in [0.1, 0.15) is 34.1 Å². The van der Waals surface area contributed by atoms with Crippen LogP contribution in [-0.4, -0.2) is 16.1 Å². The second-order valence-corrected chi connectivity index (χ2v) is 5.77. The monoisotopic (exact) mass is 301 g/mol. The molecule has 3 aromatic rings. The number of nitrogens with zero attached hydrogens (tertiary/aromatic N) is 1. The van der Waals surface area contributed by atoms with Crippen molar-refractivity contribution in [1.29, 1.82) is 0 Å². The van der Waals surface area contributed by atoms with Gasteiger partial charge in [0, 0.05) is 10.9 Å². The predicted molar refractivity (Wildman–Crippen MR) is 81.2 cm³/mol. The standard InChI is InChI=1S/C15H15N3O2S/c1-9-5-6-13(20-9)11-8-12(18-17-11)15(19)16-10(2)14-4-3-7-21-14/h3-8,10H,1-2H3,(H,16,19)(H,17,18). The molecule has 0 bridgehead atoms. The van der Waals surface area contributed by atoms with E-state index in [0.717, 1.165) is 10.6 Å². The van der Waals surface area contributed by atoms with E-state index in [9.17, 15) is 4.79 Å². The Labute approximate surface area is 126 Å². The Morgan fingerprint density at radius 1 is 1.43 bits per heavy atom. The molecule has 108 valence electrons. The summed E-state index contributed by atoms with van der Waals surface area (Å²) in [6, 6.07) is 9.33. The van der Waals surface area contributed by atoms with E-state index in [1.54, 1.807) is 17.4 Å². The van der Waals surface area contributed by atoms with Gasteiger partial charge in [0.25, 0.3) is 5.91 Å². The zero-order valence-corrected chi connectivity index (χ0v) is 12.5. The van der Waals surface area contributed by atoms with Gasteiger partial charge in [0.15, 0.2) is 11.5 Å². The molecule has 1 atom stereocenters. The highest BCUT2D eigenvalue weighted by molar-refractivity contribution is 7.10. The predicted octanol–water partition coefficient (Wildman–Crippen LogP) is 3.53. The highest BCUT2D eigenvalue weighted by atomic mass is 32.1. The first-order chi connectivity index (χ1) is 10.1. The number of aryl methyl sites for hydroxylation is 1. The van der Waals surface area contributed by atoms with Crippen molar-refractivity contribution in [2.24, 2.45) is 0 Å². The van der Waals surface area contributed by atoms with Crippen molar-refractivity contribution in [3.05, 3.63) is 52.0 Å². The van der Waals surface area contributed by atoms with Crippen LogP contribution in [0.15, 0.2) is 40.1 Å². The minimum absolute atomic E-state index is 0.0384. The largest absolute Gasteiger partial charge is 0.460 e. The van der Waals surface area contributed by atoms with Crippen LogP contribution in [-0.2, 0) is 0 Å². The first kappa shape index (κ1) is 13.6. The number of thiophene rings is 1. The van der Waals surface area contributed by atoms with E-state index in [0.29, 0.717) is 17.1 Å². The number of nitrogens with one attached hydrogen (secondary N) is 2. The third-order valence-corrected chi connectivity index (χ3v) is 4.19. The summed E-state index contributed by atoms with van der Waals surface area (Å²) in [6.45, 7) is 3.82. The summed E-state index contributed by atoms with van der Waals surface area (Å²) in [5, 5.41) is 11.8. The number of carbonyl (C=O) groups is 1. The van der Waals surface area contributed by atoms with Gasteiger partial charge in [0.1, 0.15) is 11.5 Å². The highest BCUT2D eigenvalue weighted by Gasteiger charge is 2.16. The van der Waals surface area contributed by atoms with E-state index in [-0.39, 0.29) is 11.9 Å². The third kappa shape index (κ3) is 2.90. The van der Waals surface area contributed by atoms with Crippen molar-refractivity contribution in [3.8, 4) is 11.5 Å². The molecule has 0 radical (unpaired) electrons. The van der Waals surface area contributed by atoms with Gasteiger partial charge in [-0.15, -0.1) is 11.3 Å². The number of carbonyl (C=O) groups excluding carboxylic acids is 1. The van der Waals surface area contributed by atoms with Crippen LogP contribution < -0.4 is 5.32 Å². The summed E-state index contributed by atoms with van der Waals surface area (Å²) in [5.41, 5.74) is 1.04. The Morgan fingerprint density at radius 3 is 2.95 bits per heavy atom. The van der Waals surface area contributed by atoms with E-state index >= 15 is 0 Å². The molecule has 3 heterocycles. The molecule has 0 spiro atoms. The second-order valence-electron chi connectivity index (χ2n) is 4.79. The van der Waals surface area contributed by atoms with E-state index in [1.807, 2.05) is 43.5 Å². The van der Waals surface area contributed by atoms with Crippen LogP contribution >= 0.6 is 11.3 Å². The lowest BCUT2D eigenvalue weighted by atomic mass is 10.2. The lowest BCUT2D eigenvalue weighted by molar-refractivity contribution is 0.0935. The molecule has 0 saturated heterocycles. The van der Waals surface area contributed by atoms with Gasteiger partial charge in [-0.1, -0.05) is 6.07 Å². The number of hydrogen-bond donors (Lipinski definition) is 2. The number of furan rings is 1. The van der Waals surface area contributed by atoms with Gasteiger partial charge < -0.3 is 9.73 Å². The fourth-order valence-corrected chi connectivity index (χ4v) is 2.76. The van der Waals surface area contributed by atoms with Crippen molar-refractivity contribution in [1.82, 2.24) is 15.5 Å². The number of aromatic nitrogens is 2.